The average Bonchev–Trinajstić information content (AvgIpc) is 2.61. The van der Waals surface area contributed by atoms with Gasteiger partial charge in [0.2, 0.25) is 11.8 Å². The van der Waals surface area contributed by atoms with E-state index in [0.717, 1.165) is 6.42 Å². The van der Waals surface area contributed by atoms with Gasteiger partial charge in [-0.2, -0.15) is 5.26 Å². The summed E-state index contributed by atoms with van der Waals surface area (Å²) in [5, 5.41) is 8.37. The van der Waals surface area contributed by atoms with Crippen LogP contribution in [0.25, 0.3) is 0 Å². The first kappa shape index (κ1) is 11.5. The minimum Gasteiger partial charge on any atom is -0.343 e. The number of nitrogens with zero attached hydrogens (tertiary/aromatic N) is 3. The summed E-state index contributed by atoms with van der Waals surface area (Å²) in [5.41, 5.74) is 0. The lowest BCUT2D eigenvalue weighted by Gasteiger charge is -2.20. The first-order valence-corrected chi connectivity index (χ1v) is 5.04. The summed E-state index contributed by atoms with van der Waals surface area (Å²) >= 11 is 0. The standard InChI is InChI=1S/C10H15N3O2/c1-12(6-3-5-11)10(15)8-13-7-2-4-9(13)14/h2-4,6-8H2,1H3. The SMILES string of the molecule is CN(CCC#N)C(=O)CN1CCCC1=O. The maximum atomic E-state index is 11.6. The molecule has 0 unspecified atom stereocenters. The monoisotopic (exact) mass is 209 g/mol. The highest BCUT2D eigenvalue weighted by Crippen LogP contribution is 2.09. The summed E-state index contributed by atoms with van der Waals surface area (Å²) in [6.45, 7) is 1.26. The molecular weight excluding hydrogens is 194 g/mol. The third-order valence-electron chi connectivity index (χ3n) is 2.48. The van der Waals surface area contributed by atoms with Crippen LogP contribution in [0, 0.1) is 11.3 Å². The maximum absolute atomic E-state index is 11.6. The van der Waals surface area contributed by atoms with Gasteiger partial charge < -0.3 is 9.80 Å². The highest BCUT2D eigenvalue weighted by atomic mass is 16.2. The van der Waals surface area contributed by atoms with E-state index < -0.39 is 0 Å². The number of likely N-dealkylation sites (tertiary alicyclic amines) is 1. The molecule has 0 spiro atoms. The summed E-state index contributed by atoms with van der Waals surface area (Å²) in [5.74, 6) is -0.0440. The number of likely N-dealkylation sites (N-methyl/N-ethyl adjacent to an activating group) is 1. The Morgan fingerprint density at radius 2 is 2.40 bits per heavy atom. The van der Waals surface area contributed by atoms with Gasteiger partial charge in [-0.15, -0.1) is 0 Å². The fourth-order valence-electron chi connectivity index (χ4n) is 1.50. The van der Waals surface area contributed by atoms with E-state index in [1.165, 1.54) is 4.90 Å². The van der Waals surface area contributed by atoms with Gasteiger partial charge in [-0.25, -0.2) is 0 Å². The van der Waals surface area contributed by atoms with Gasteiger partial charge in [0, 0.05) is 26.6 Å². The Balaban J connectivity index is 2.34. The fourth-order valence-corrected chi connectivity index (χ4v) is 1.50. The first-order valence-electron chi connectivity index (χ1n) is 5.04. The summed E-state index contributed by atoms with van der Waals surface area (Å²) in [6.07, 6.45) is 1.72. The second kappa shape index (κ2) is 5.35. The van der Waals surface area contributed by atoms with Gasteiger partial charge in [0.25, 0.3) is 0 Å². The number of rotatable bonds is 4. The Bertz CT molecular complexity index is 296. The Hall–Kier alpha value is -1.57. The first-order chi connectivity index (χ1) is 7.15. The lowest BCUT2D eigenvalue weighted by molar-refractivity contribution is -0.137. The molecule has 0 N–H and O–H groups in total. The van der Waals surface area contributed by atoms with Crippen LogP contribution in [0.15, 0.2) is 0 Å². The van der Waals surface area contributed by atoms with Crippen molar-refractivity contribution in [3.8, 4) is 6.07 Å². The zero-order valence-corrected chi connectivity index (χ0v) is 8.90. The van der Waals surface area contributed by atoms with Crippen LogP contribution in [0.3, 0.4) is 0 Å². The van der Waals surface area contributed by atoms with Crippen LogP contribution in [-0.2, 0) is 9.59 Å². The minimum absolute atomic E-state index is 0.0528. The predicted molar refractivity (Wildman–Crippen MR) is 53.7 cm³/mol. The number of hydrogen-bond acceptors (Lipinski definition) is 3. The number of carbonyl (C=O) groups excluding carboxylic acids is 2. The second-order valence-corrected chi connectivity index (χ2v) is 3.64. The fraction of sp³-hybridized carbons (Fsp3) is 0.700. The highest BCUT2D eigenvalue weighted by molar-refractivity contribution is 5.85. The van der Waals surface area contributed by atoms with Gasteiger partial charge >= 0.3 is 0 Å². The van der Waals surface area contributed by atoms with Crippen molar-refractivity contribution in [2.24, 2.45) is 0 Å². The van der Waals surface area contributed by atoms with E-state index in [9.17, 15) is 9.59 Å². The number of carbonyl (C=O) groups is 2. The van der Waals surface area contributed by atoms with E-state index in [4.69, 9.17) is 5.26 Å². The highest BCUT2D eigenvalue weighted by Gasteiger charge is 2.23. The summed E-state index contributed by atoms with van der Waals surface area (Å²) in [6, 6.07) is 1.98. The molecule has 1 fully saturated rings. The van der Waals surface area contributed by atoms with Gasteiger partial charge in [-0.05, 0) is 6.42 Å². The van der Waals surface area contributed by atoms with Crippen molar-refractivity contribution in [1.82, 2.24) is 9.80 Å². The van der Waals surface area contributed by atoms with E-state index in [0.29, 0.717) is 25.9 Å². The van der Waals surface area contributed by atoms with Crippen LogP contribution in [0.1, 0.15) is 19.3 Å². The van der Waals surface area contributed by atoms with Crippen molar-refractivity contribution in [1.29, 1.82) is 5.26 Å². The Kier molecular flexibility index (Phi) is 4.10. The number of nitriles is 1. The lowest BCUT2D eigenvalue weighted by atomic mass is 10.4. The molecule has 1 heterocycles. The molecular formula is C10H15N3O2. The third-order valence-corrected chi connectivity index (χ3v) is 2.48. The average molecular weight is 209 g/mol. The van der Waals surface area contributed by atoms with Gasteiger partial charge in [0.05, 0.1) is 19.0 Å². The van der Waals surface area contributed by atoms with Gasteiger partial charge in [0.15, 0.2) is 0 Å². The molecule has 82 valence electrons. The maximum Gasteiger partial charge on any atom is 0.241 e. The van der Waals surface area contributed by atoms with Crippen LogP contribution in [0.5, 0.6) is 0 Å². The van der Waals surface area contributed by atoms with Crippen molar-refractivity contribution >= 4 is 11.8 Å². The van der Waals surface area contributed by atoms with Crippen molar-refractivity contribution in [3.63, 3.8) is 0 Å². The molecule has 2 amide bonds. The molecule has 1 aliphatic rings. The van der Waals surface area contributed by atoms with E-state index in [-0.39, 0.29) is 18.4 Å². The van der Waals surface area contributed by atoms with Crippen LogP contribution >= 0.6 is 0 Å². The molecule has 1 saturated heterocycles. The molecule has 0 atom stereocenters. The summed E-state index contributed by atoms with van der Waals surface area (Å²) < 4.78 is 0. The van der Waals surface area contributed by atoms with Gasteiger partial charge in [0.1, 0.15) is 0 Å². The van der Waals surface area contributed by atoms with E-state index in [1.807, 2.05) is 6.07 Å². The van der Waals surface area contributed by atoms with Crippen LogP contribution in [0.4, 0.5) is 0 Å². The number of amides is 2. The molecule has 1 aliphatic heterocycles. The topological polar surface area (TPSA) is 64.4 Å². The Morgan fingerprint density at radius 1 is 1.67 bits per heavy atom. The van der Waals surface area contributed by atoms with Crippen LogP contribution in [0.2, 0.25) is 0 Å². The van der Waals surface area contributed by atoms with Crippen LogP contribution < -0.4 is 0 Å². The van der Waals surface area contributed by atoms with Crippen molar-refractivity contribution in [2.45, 2.75) is 19.3 Å². The van der Waals surface area contributed by atoms with E-state index in [2.05, 4.69) is 0 Å². The number of hydrogen-bond donors (Lipinski definition) is 0. The zero-order chi connectivity index (χ0) is 11.3. The molecule has 5 nitrogen and oxygen atoms in total. The van der Waals surface area contributed by atoms with Gasteiger partial charge in [-0.1, -0.05) is 0 Å². The molecule has 1 rings (SSSR count). The lowest BCUT2D eigenvalue weighted by Crippen LogP contribution is -2.39. The zero-order valence-electron chi connectivity index (χ0n) is 8.90. The van der Waals surface area contributed by atoms with Crippen molar-refractivity contribution in [3.05, 3.63) is 0 Å². The smallest absolute Gasteiger partial charge is 0.241 e. The molecule has 0 aromatic rings. The van der Waals surface area contributed by atoms with Gasteiger partial charge in [-0.3, -0.25) is 9.59 Å². The molecule has 0 radical (unpaired) electrons. The predicted octanol–water partition coefficient (Wildman–Crippen LogP) is -0.0191. The summed E-state index contributed by atoms with van der Waals surface area (Å²) in [4.78, 5) is 25.9. The van der Waals surface area contributed by atoms with Crippen molar-refractivity contribution < 1.29 is 9.59 Å². The molecule has 15 heavy (non-hydrogen) atoms. The summed E-state index contributed by atoms with van der Waals surface area (Å²) in [7, 11) is 1.65. The van der Waals surface area contributed by atoms with Crippen LogP contribution in [-0.4, -0.2) is 48.3 Å². The molecule has 0 aromatic heterocycles. The quantitative estimate of drug-likeness (QED) is 0.653. The minimum atomic E-state index is -0.0968. The van der Waals surface area contributed by atoms with E-state index in [1.54, 1.807) is 11.9 Å². The molecule has 0 saturated carbocycles. The largest absolute Gasteiger partial charge is 0.343 e. The molecule has 0 aromatic carbocycles. The molecule has 5 heteroatoms. The molecule has 0 bridgehead atoms. The molecule has 0 aliphatic carbocycles. The Morgan fingerprint density at radius 3 is 2.93 bits per heavy atom. The van der Waals surface area contributed by atoms with E-state index >= 15 is 0 Å². The second-order valence-electron chi connectivity index (χ2n) is 3.64. The third kappa shape index (κ3) is 3.24. The Labute approximate surface area is 89.3 Å². The normalized spacial score (nSPS) is 15.2. The van der Waals surface area contributed by atoms with Crippen molar-refractivity contribution in [2.75, 3.05) is 26.7 Å².